The summed E-state index contributed by atoms with van der Waals surface area (Å²) in [6.45, 7) is 0.685. The Balaban J connectivity index is 1.61. The van der Waals surface area contributed by atoms with Crippen molar-refractivity contribution in [2.24, 2.45) is 0 Å². The van der Waals surface area contributed by atoms with Gasteiger partial charge in [-0.25, -0.2) is 9.37 Å². The molecule has 3 rings (SSSR count). The number of thiazole rings is 1. The molecule has 8 nitrogen and oxygen atoms in total. The van der Waals surface area contributed by atoms with Gasteiger partial charge < -0.3 is 30.8 Å². The molecule has 0 unspecified atom stereocenters. The molecule has 0 atom stereocenters. The van der Waals surface area contributed by atoms with Crippen molar-refractivity contribution < 1.29 is 19.0 Å². The summed E-state index contributed by atoms with van der Waals surface area (Å²) >= 11 is 1.21. The number of hydrogen-bond acceptors (Lipinski definition) is 8. The van der Waals surface area contributed by atoms with E-state index in [0.717, 1.165) is 0 Å². The van der Waals surface area contributed by atoms with Crippen molar-refractivity contribution in [3.8, 4) is 17.0 Å². The van der Waals surface area contributed by atoms with Gasteiger partial charge in [-0.2, -0.15) is 0 Å². The number of nitrogens with zero attached hydrogens (tertiary/aromatic N) is 2. The number of carbonyl (C=O) groups excluding carboxylic acids is 1. The summed E-state index contributed by atoms with van der Waals surface area (Å²) in [5.41, 5.74) is 2.33. The second kappa shape index (κ2) is 8.14. The van der Waals surface area contributed by atoms with E-state index in [0.29, 0.717) is 41.1 Å². The summed E-state index contributed by atoms with van der Waals surface area (Å²) in [7, 11) is 1.80. The standard InChI is InChI=1S/C17H18FN5O3S/c1-23-9-26-7-12(14(23)5-19)20-6-16(25)22-17-21-13(8-27-17)10-2-3-15(24)11(18)4-10/h2-5,8,19-20,24H,6-7,9H2,1H3,(H,21,22,25). The normalized spacial score (nSPS) is 14.2. The molecule has 1 aliphatic rings. The fraction of sp³-hybridized carbons (Fsp3) is 0.235. The molecule has 1 aliphatic heterocycles. The molecule has 0 bridgehead atoms. The number of phenols is 1. The smallest absolute Gasteiger partial charge is 0.245 e. The average molecular weight is 391 g/mol. The molecule has 10 heteroatoms. The van der Waals surface area contributed by atoms with Gasteiger partial charge >= 0.3 is 0 Å². The summed E-state index contributed by atoms with van der Waals surface area (Å²) in [6, 6.07) is 3.98. The van der Waals surface area contributed by atoms with Crippen molar-refractivity contribution in [1.29, 1.82) is 5.41 Å². The zero-order chi connectivity index (χ0) is 19.4. The van der Waals surface area contributed by atoms with Crippen molar-refractivity contribution >= 4 is 28.6 Å². The lowest BCUT2D eigenvalue weighted by atomic mass is 10.1. The maximum Gasteiger partial charge on any atom is 0.245 e. The first-order chi connectivity index (χ1) is 13.0. The van der Waals surface area contributed by atoms with E-state index in [1.807, 2.05) is 0 Å². The van der Waals surface area contributed by atoms with Gasteiger partial charge in [0, 0.05) is 24.2 Å². The number of phenolic OH excluding ortho intramolecular Hbond substituents is 1. The van der Waals surface area contributed by atoms with Crippen molar-refractivity contribution in [2.45, 2.75) is 0 Å². The summed E-state index contributed by atoms with van der Waals surface area (Å²) in [5, 5.41) is 24.4. The Morgan fingerprint density at radius 3 is 3.11 bits per heavy atom. The minimum absolute atomic E-state index is 0.00732. The molecule has 0 saturated carbocycles. The van der Waals surface area contributed by atoms with Gasteiger partial charge in [-0.05, 0) is 18.2 Å². The summed E-state index contributed by atoms with van der Waals surface area (Å²) in [4.78, 5) is 18.2. The Morgan fingerprint density at radius 2 is 2.37 bits per heavy atom. The van der Waals surface area contributed by atoms with Gasteiger partial charge in [0.15, 0.2) is 16.7 Å². The van der Waals surface area contributed by atoms with Gasteiger partial charge in [-0.1, -0.05) is 0 Å². The van der Waals surface area contributed by atoms with Crippen molar-refractivity contribution in [3.05, 3.63) is 40.8 Å². The minimum Gasteiger partial charge on any atom is -0.505 e. The van der Waals surface area contributed by atoms with Crippen LogP contribution in [-0.2, 0) is 9.53 Å². The molecule has 2 aromatic rings. The molecule has 0 saturated heterocycles. The number of ether oxygens (including phenoxy) is 1. The van der Waals surface area contributed by atoms with E-state index in [9.17, 15) is 14.3 Å². The number of aromatic hydroxyl groups is 1. The van der Waals surface area contributed by atoms with E-state index in [1.165, 1.54) is 29.7 Å². The average Bonchev–Trinajstić information content (AvgIpc) is 3.10. The molecule has 1 aromatic carbocycles. The SMILES string of the molecule is CN1COCC(NCC(=O)Nc2nc(-c3ccc(O)c(F)c3)cs2)=C1C=N. The minimum atomic E-state index is -0.731. The first-order valence-corrected chi connectivity index (χ1v) is 8.86. The molecule has 4 N–H and O–H groups in total. The van der Waals surface area contributed by atoms with E-state index < -0.39 is 11.6 Å². The summed E-state index contributed by atoms with van der Waals surface area (Å²) in [5.74, 6) is -1.47. The lowest BCUT2D eigenvalue weighted by molar-refractivity contribution is -0.115. The van der Waals surface area contributed by atoms with Crippen LogP contribution in [-0.4, -0.2) is 54.0 Å². The van der Waals surface area contributed by atoms with Crippen LogP contribution in [0.15, 0.2) is 35.0 Å². The highest BCUT2D eigenvalue weighted by Crippen LogP contribution is 2.27. The maximum atomic E-state index is 13.5. The lowest BCUT2D eigenvalue weighted by Gasteiger charge is -2.28. The lowest BCUT2D eigenvalue weighted by Crippen LogP contribution is -2.37. The Hall–Kier alpha value is -2.98. The largest absolute Gasteiger partial charge is 0.505 e. The highest BCUT2D eigenvalue weighted by Gasteiger charge is 2.17. The first-order valence-electron chi connectivity index (χ1n) is 7.98. The number of benzene rings is 1. The Morgan fingerprint density at radius 1 is 1.56 bits per heavy atom. The zero-order valence-corrected chi connectivity index (χ0v) is 15.3. The quantitative estimate of drug-likeness (QED) is 0.561. The molecular weight excluding hydrogens is 373 g/mol. The number of halogens is 1. The third-order valence-electron chi connectivity index (χ3n) is 3.84. The summed E-state index contributed by atoms with van der Waals surface area (Å²) < 4.78 is 18.8. The van der Waals surface area contributed by atoms with Crippen LogP contribution >= 0.6 is 11.3 Å². The van der Waals surface area contributed by atoms with Crippen LogP contribution in [0, 0.1) is 11.2 Å². The summed E-state index contributed by atoms with van der Waals surface area (Å²) in [6.07, 6.45) is 1.21. The van der Waals surface area contributed by atoms with Gasteiger partial charge in [0.05, 0.1) is 30.2 Å². The highest BCUT2D eigenvalue weighted by atomic mass is 32.1. The predicted octanol–water partition coefficient (Wildman–Crippen LogP) is 1.96. The molecule has 0 aliphatic carbocycles. The Kier molecular flexibility index (Phi) is 5.67. The second-order valence-electron chi connectivity index (χ2n) is 5.79. The van der Waals surface area contributed by atoms with Gasteiger partial charge in [0.1, 0.15) is 6.73 Å². The number of amides is 1. The number of rotatable bonds is 6. The molecule has 2 heterocycles. The highest BCUT2D eigenvalue weighted by molar-refractivity contribution is 7.14. The second-order valence-corrected chi connectivity index (χ2v) is 6.65. The Labute approximate surface area is 158 Å². The number of nitrogens with one attached hydrogen (secondary N) is 3. The van der Waals surface area contributed by atoms with Gasteiger partial charge in [0.2, 0.25) is 5.91 Å². The molecule has 0 radical (unpaired) electrons. The third kappa shape index (κ3) is 4.41. The van der Waals surface area contributed by atoms with Crippen LogP contribution in [0.5, 0.6) is 5.75 Å². The van der Waals surface area contributed by atoms with E-state index in [-0.39, 0.29) is 12.5 Å². The molecule has 1 aromatic heterocycles. The van der Waals surface area contributed by atoms with Gasteiger partial charge in [0.25, 0.3) is 0 Å². The van der Waals surface area contributed by atoms with Crippen molar-refractivity contribution in [3.63, 3.8) is 0 Å². The maximum absolute atomic E-state index is 13.5. The predicted molar refractivity (Wildman–Crippen MR) is 100 cm³/mol. The molecule has 142 valence electrons. The van der Waals surface area contributed by atoms with Crippen LogP contribution in [0.25, 0.3) is 11.3 Å². The fourth-order valence-corrected chi connectivity index (χ4v) is 3.21. The van der Waals surface area contributed by atoms with Crippen molar-refractivity contribution in [2.75, 3.05) is 32.2 Å². The molecule has 0 fully saturated rings. The molecule has 27 heavy (non-hydrogen) atoms. The number of carbonyl (C=O) groups is 1. The number of anilines is 1. The Bertz CT molecular complexity index is 898. The van der Waals surface area contributed by atoms with Crippen LogP contribution in [0.3, 0.4) is 0 Å². The number of hydrogen-bond donors (Lipinski definition) is 4. The molecular formula is C17H18FN5O3S. The van der Waals surface area contributed by atoms with E-state index >= 15 is 0 Å². The van der Waals surface area contributed by atoms with E-state index in [1.54, 1.807) is 23.4 Å². The van der Waals surface area contributed by atoms with Crippen LogP contribution in [0.1, 0.15) is 0 Å². The van der Waals surface area contributed by atoms with Gasteiger partial charge in [-0.3, -0.25) is 4.79 Å². The topological polar surface area (TPSA) is 111 Å². The number of aromatic nitrogens is 1. The van der Waals surface area contributed by atoms with Crippen LogP contribution in [0.4, 0.5) is 9.52 Å². The zero-order valence-electron chi connectivity index (χ0n) is 14.5. The van der Waals surface area contributed by atoms with Gasteiger partial charge in [-0.15, -0.1) is 11.3 Å². The van der Waals surface area contributed by atoms with Crippen LogP contribution < -0.4 is 10.6 Å². The first kappa shape index (κ1) is 18.8. The van der Waals surface area contributed by atoms with Crippen LogP contribution in [0.2, 0.25) is 0 Å². The monoisotopic (exact) mass is 391 g/mol. The number of allylic oxidation sites excluding steroid dienone is 1. The molecule has 1 amide bonds. The molecule has 0 spiro atoms. The third-order valence-corrected chi connectivity index (χ3v) is 4.60. The van der Waals surface area contributed by atoms with E-state index in [4.69, 9.17) is 10.1 Å². The fourth-order valence-electron chi connectivity index (χ4n) is 2.48. The van der Waals surface area contributed by atoms with E-state index in [2.05, 4.69) is 15.6 Å². The van der Waals surface area contributed by atoms with Crippen molar-refractivity contribution in [1.82, 2.24) is 15.2 Å².